The van der Waals surface area contributed by atoms with Gasteiger partial charge in [-0.2, -0.15) is 5.10 Å². The zero-order valence-electron chi connectivity index (χ0n) is 10.4. The number of halogens is 1. The molecule has 16 heavy (non-hydrogen) atoms. The van der Waals surface area contributed by atoms with Crippen molar-refractivity contribution in [3.05, 3.63) is 18.0 Å². The highest BCUT2D eigenvalue weighted by Gasteiger charge is 2.34. The quantitative estimate of drug-likeness (QED) is 0.769. The van der Waals surface area contributed by atoms with Crippen LogP contribution in [0.15, 0.2) is 12.3 Å². The molecule has 0 radical (unpaired) electrons. The first-order valence-electron chi connectivity index (χ1n) is 6.17. The van der Waals surface area contributed by atoms with Gasteiger partial charge < -0.3 is 0 Å². The normalized spacial score (nSPS) is 30.2. The van der Waals surface area contributed by atoms with E-state index in [1.165, 1.54) is 25.0 Å². The third-order valence-corrected chi connectivity index (χ3v) is 4.36. The first kappa shape index (κ1) is 12.2. The molecule has 0 saturated heterocycles. The zero-order valence-corrected chi connectivity index (χ0v) is 12.0. The van der Waals surface area contributed by atoms with Crippen molar-refractivity contribution in [3.8, 4) is 0 Å². The number of hydrogen-bond donors (Lipinski definition) is 0. The summed E-state index contributed by atoms with van der Waals surface area (Å²) in [6, 6.07) is 2.64. The Morgan fingerprint density at radius 1 is 1.62 bits per heavy atom. The second-order valence-electron chi connectivity index (χ2n) is 5.71. The largest absolute Gasteiger partial charge is 0.270 e. The monoisotopic (exact) mass is 284 g/mol. The summed E-state index contributed by atoms with van der Waals surface area (Å²) in [5.74, 6) is 0. The van der Waals surface area contributed by atoms with Crippen LogP contribution in [-0.2, 0) is 6.42 Å². The van der Waals surface area contributed by atoms with E-state index in [2.05, 4.69) is 58.7 Å². The Hall–Kier alpha value is -0.310. The van der Waals surface area contributed by atoms with Crippen LogP contribution in [-0.4, -0.2) is 14.6 Å². The fraction of sp³-hybridized carbons (Fsp3) is 0.769. The molecule has 0 aromatic carbocycles. The van der Waals surface area contributed by atoms with Gasteiger partial charge in [-0.25, -0.2) is 0 Å². The molecule has 2 atom stereocenters. The minimum atomic E-state index is 0.449. The maximum atomic E-state index is 4.64. The van der Waals surface area contributed by atoms with Crippen molar-refractivity contribution in [2.45, 2.75) is 57.3 Å². The molecule has 0 N–H and O–H groups in total. The number of rotatable bonds is 3. The third-order valence-electron chi connectivity index (χ3n) is 3.58. The number of hydrogen-bond acceptors (Lipinski definition) is 1. The Kier molecular flexibility index (Phi) is 3.43. The van der Waals surface area contributed by atoms with Crippen molar-refractivity contribution in [1.29, 1.82) is 0 Å². The summed E-state index contributed by atoms with van der Waals surface area (Å²) in [4.78, 5) is 0.713. The molecule has 0 amide bonds. The maximum Gasteiger partial charge on any atom is 0.0630 e. The van der Waals surface area contributed by atoms with E-state index >= 15 is 0 Å². The summed E-state index contributed by atoms with van der Waals surface area (Å²) in [6.07, 6.45) is 7.12. The van der Waals surface area contributed by atoms with Crippen LogP contribution >= 0.6 is 15.9 Å². The maximum absolute atomic E-state index is 4.64. The molecule has 1 aliphatic carbocycles. The molecule has 3 heteroatoms. The lowest BCUT2D eigenvalue weighted by Crippen LogP contribution is -2.16. The minimum Gasteiger partial charge on any atom is -0.270 e. The van der Waals surface area contributed by atoms with Crippen molar-refractivity contribution in [2.24, 2.45) is 5.41 Å². The van der Waals surface area contributed by atoms with E-state index in [0.29, 0.717) is 16.3 Å². The second kappa shape index (κ2) is 4.52. The molecule has 2 nitrogen and oxygen atoms in total. The van der Waals surface area contributed by atoms with Gasteiger partial charge in [-0.15, -0.1) is 0 Å². The van der Waals surface area contributed by atoms with Crippen LogP contribution in [0.2, 0.25) is 0 Å². The van der Waals surface area contributed by atoms with Crippen LogP contribution < -0.4 is 0 Å². The predicted molar refractivity (Wildman–Crippen MR) is 71.0 cm³/mol. The molecule has 2 rings (SSSR count). The van der Waals surface area contributed by atoms with Crippen molar-refractivity contribution in [3.63, 3.8) is 0 Å². The molecule has 1 aromatic heterocycles. The Balaban J connectivity index is 2.03. The SMILES string of the molecule is CC(C)n1ccc(CC2(C)CCC(Br)C2)n1. The fourth-order valence-corrected chi connectivity index (χ4v) is 3.61. The Morgan fingerprint density at radius 3 is 2.88 bits per heavy atom. The molecule has 0 aliphatic heterocycles. The van der Waals surface area contributed by atoms with E-state index < -0.39 is 0 Å². The second-order valence-corrected chi connectivity index (χ2v) is 7.00. The zero-order chi connectivity index (χ0) is 11.8. The highest BCUT2D eigenvalue weighted by Crippen LogP contribution is 2.43. The molecule has 1 heterocycles. The standard InChI is InChI=1S/C13H21BrN2/c1-10(2)16-7-5-12(15-16)9-13(3)6-4-11(14)8-13/h5,7,10-11H,4,6,8-9H2,1-3H3. The minimum absolute atomic E-state index is 0.449. The predicted octanol–water partition coefficient (Wildman–Crippen LogP) is 3.96. The van der Waals surface area contributed by atoms with Crippen molar-refractivity contribution in [1.82, 2.24) is 9.78 Å². The van der Waals surface area contributed by atoms with Gasteiger partial charge in [0.25, 0.3) is 0 Å². The average Bonchev–Trinajstić information content (AvgIpc) is 2.74. The number of aromatic nitrogens is 2. The highest BCUT2D eigenvalue weighted by atomic mass is 79.9. The molecule has 1 aromatic rings. The van der Waals surface area contributed by atoms with Gasteiger partial charge in [-0.3, -0.25) is 4.68 Å². The van der Waals surface area contributed by atoms with Crippen molar-refractivity contribution < 1.29 is 0 Å². The molecule has 1 aliphatic rings. The van der Waals surface area contributed by atoms with Crippen LogP contribution in [0.5, 0.6) is 0 Å². The summed E-state index contributed by atoms with van der Waals surface area (Å²) >= 11 is 3.73. The van der Waals surface area contributed by atoms with Gasteiger partial charge in [0.05, 0.1) is 5.69 Å². The molecule has 0 spiro atoms. The van der Waals surface area contributed by atoms with E-state index in [4.69, 9.17) is 0 Å². The van der Waals surface area contributed by atoms with Gasteiger partial charge in [-0.1, -0.05) is 22.9 Å². The van der Waals surface area contributed by atoms with Crippen LogP contribution in [0.25, 0.3) is 0 Å². The fourth-order valence-electron chi connectivity index (χ4n) is 2.60. The summed E-state index contributed by atoms with van der Waals surface area (Å²) in [6.45, 7) is 6.73. The number of alkyl halides is 1. The van der Waals surface area contributed by atoms with Gasteiger partial charge in [0.1, 0.15) is 0 Å². The first-order chi connectivity index (χ1) is 7.48. The van der Waals surface area contributed by atoms with Crippen molar-refractivity contribution in [2.75, 3.05) is 0 Å². The van der Waals surface area contributed by atoms with Crippen LogP contribution in [0, 0.1) is 5.41 Å². The topological polar surface area (TPSA) is 17.8 Å². The Bertz CT molecular complexity index is 359. The third kappa shape index (κ3) is 2.68. The molecular formula is C13H21BrN2. The average molecular weight is 285 g/mol. The van der Waals surface area contributed by atoms with Gasteiger partial charge in [0.15, 0.2) is 0 Å². The molecule has 0 bridgehead atoms. The Morgan fingerprint density at radius 2 is 2.38 bits per heavy atom. The molecule has 90 valence electrons. The van der Waals surface area contributed by atoms with Gasteiger partial charge in [0, 0.05) is 17.1 Å². The summed E-state index contributed by atoms with van der Waals surface area (Å²) in [5, 5.41) is 4.64. The van der Waals surface area contributed by atoms with Gasteiger partial charge in [0.2, 0.25) is 0 Å². The van der Waals surface area contributed by atoms with E-state index in [-0.39, 0.29) is 0 Å². The van der Waals surface area contributed by atoms with Crippen LogP contribution in [0.3, 0.4) is 0 Å². The van der Waals surface area contributed by atoms with Gasteiger partial charge >= 0.3 is 0 Å². The summed E-state index contributed by atoms with van der Waals surface area (Å²) in [7, 11) is 0. The first-order valence-corrected chi connectivity index (χ1v) is 7.08. The lowest BCUT2D eigenvalue weighted by molar-refractivity contribution is 0.330. The number of nitrogens with zero attached hydrogens (tertiary/aromatic N) is 2. The van der Waals surface area contributed by atoms with Gasteiger partial charge in [-0.05, 0) is 51.0 Å². The summed E-state index contributed by atoms with van der Waals surface area (Å²) < 4.78 is 2.05. The highest BCUT2D eigenvalue weighted by molar-refractivity contribution is 9.09. The Labute approximate surface area is 107 Å². The van der Waals surface area contributed by atoms with Crippen molar-refractivity contribution >= 4 is 15.9 Å². The smallest absolute Gasteiger partial charge is 0.0630 e. The van der Waals surface area contributed by atoms with E-state index in [1.807, 2.05) is 0 Å². The van der Waals surface area contributed by atoms with E-state index in [0.717, 1.165) is 6.42 Å². The summed E-state index contributed by atoms with van der Waals surface area (Å²) in [5.41, 5.74) is 1.70. The molecular weight excluding hydrogens is 264 g/mol. The van der Waals surface area contributed by atoms with E-state index in [9.17, 15) is 0 Å². The molecule has 2 unspecified atom stereocenters. The molecule has 1 fully saturated rings. The van der Waals surface area contributed by atoms with E-state index in [1.54, 1.807) is 0 Å². The van der Waals surface area contributed by atoms with Crippen LogP contribution in [0.1, 0.15) is 51.8 Å². The lowest BCUT2D eigenvalue weighted by Gasteiger charge is -2.22. The molecule has 1 saturated carbocycles. The lowest BCUT2D eigenvalue weighted by atomic mass is 9.84. The van der Waals surface area contributed by atoms with Crippen LogP contribution in [0.4, 0.5) is 0 Å².